The van der Waals surface area contributed by atoms with Crippen LogP contribution < -0.4 is 10.9 Å². The van der Waals surface area contributed by atoms with Crippen molar-refractivity contribution in [2.24, 2.45) is 0 Å². The molecule has 0 spiro atoms. The predicted molar refractivity (Wildman–Crippen MR) is 120 cm³/mol. The minimum absolute atomic E-state index is 0.0277. The average molecular weight is 435 g/mol. The van der Waals surface area contributed by atoms with Crippen molar-refractivity contribution in [1.29, 1.82) is 0 Å². The molecule has 0 aliphatic carbocycles. The van der Waals surface area contributed by atoms with Gasteiger partial charge in [-0.15, -0.1) is 0 Å². The molecule has 1 aromatic heterocycles. The van der Waals surface area contributed by atoms with Crippen LogP contribution in [0.2, 0.25) is 0 Å². The van der Waals surface area contributed by atoms with Gasteiger partial charge in [0.1, 0.15) is 12.4 Å². The average Bonchev–Trinajstić information content (AvgIpc) is 2.74. The summed E-state index contributed by atoms with van der Waals surface area (Å²) in [4.78, 5) is 40.6. The Hall–Kier alpha value is -3.94. The Kier molecular flexibility index (Phi) is 6.43. The number of aliphatic carboxylic acids is 1. The number of carbonyl (C=O) groups is 2. The maximum absolute atomic E-state index is 13.3. The van der Waals surface area contributed by atoms with Gasteiger partial charge in [0.05, 0.1) is 6.54 Å². The van der Waals surface area contributed by atoms with Gasteiger partial charge in [-0.1, -0.05) is 75.4 Å². The maximum atomic E-state index is 13.3. The molecule has 1 amide bonds. The summed E-state index contributed by atoms with van der Waals surface area (Å²) in [5, 5.41) is 21.2. The summed E-state index contributed by atoms with van der Waals surface area (Å²) in [6, 6.07) is 16.6. The van der Waals surface area contributed by atoms with Crippen LogP contribution in [-0.4, -0.2) is 38.2 Å². The van der Waals surface area contributed by atoms with Crippen LogP contribution in [0.25, 0.3) is 11.4 Å². The molecule has 0 fully saturated rings. The largest absolute Gasteiger partial charge is 0.493 e. The van der Waals surface area contributed by atoms with Crippen molar-refractivity contribution in [2.45, 2.75) is 32.7 Å². The van der Waals surface area contributed by atoms with Crippen molar-refractivity contribution < 1.29 is 19.8 Å². The van der Waals surface area contributed by atoms with Crippen LogP contribution in [0.15, 0.2) is 59.4 Å². The minimum atomic E-state index is -1.27. The van der Waals surface area contributed by atoms with Gasteiger partial charge in [0.25, 0.3) is 11.5 Å². The normalized spacial score (nSPS) is 11.2. The van der Waals surface area contributed by atoms with Crippen LogP contribution in [-0.2, 0) is 16.8 Å². The van der Waals surface area contributed by atoms with Gasteiger partial charge in [-0.05, 0) is 16.5 Å². The van der Waals surface area contributed by atoms with E-state index in [0.29, 0.717) is 5.56 Å². The summed E-state index contributed by atoms with van der Waals surface area (Å²) in [5.74, 6) is -2.83. The number of benzene rings is 2. The molecule has 0 atom stereocenters. The predicted octanol–water partition coefficient (Wildman–Crippen LogP) is 2.78. The Morgan fingerprint density at radius 2 is 1.66 bits per heavy atom. The van der Waals surface area contributed by atoms with Gasteiger partial charge < -0.3 is 15.5 Å². The number of carboxylic acids is 1. The molecule has 0 aliphatic heterocycles. The molecule has 0 unspecified atom stereocenters. The number of hydrogen-bond acceptors (Lipinski definition) is 5. The number of rotatable bonds is 6. The summed E-state index contributed by atoms with van der Waals surface area (Å²) >= 11 is 0. The highest BCUT2D eigenvalue weighted by Crippen LogP contribution is 2.24. The Morgan fingerprint density at radius 1 is 1.03 bits per heavy atom. The number of amides is 1. The van der Waals surface area contributed by atoms with E-state index < -0.39 is 35.4 Å². The number of nitrogens with one attached hydrogen (secondary N) is 1. The fourth-order valence-corrected chi connectivity index (χ4v) is 3.23. The van der Waals surface area contributed by atoms with Crippen molar-refractivity contribution in [3.63, 3.8) is 0 Å². The molecule has 32 heavy (non-hydrogen) atoms. The third-order valence-electron chi connectivity index (χ3n) is 4.97. The molecule has 0 bridgehead atoms. The molecule has 8 heteroatoms. The van der Waals surface area contributed by atoms with Crippen LogP contribution in [0.5, 0.6) is 5.88 Å². The van der Waals surface area contributed by atoms with Gasteiger partial charge in [-0.3, -0.25) is 19.0 Å². The lowest BCUT2D eigenvalue weighted by Gasteiger charge is -2.20. The Morgan fingerprint density at radius 3 is 2.22 bits per heavy atom. The molecule has 3 N–H and O–H groups in total. The van der Waals surface area contributed by atoms with Crippen molar-refractivity contribution >= 4 is 11.9 Å². The van der Waals surface area contributed by atoms with E-state index in [9.17, 15) is 19.5 Å². The van der Waals surface area contributed by atoms with Crippen LogP contribution >= 0.6 is 0 Å². The van der Waals surface area contributed by atoms with Gasteiger partial charge in [-0.25, -0.2) is 0 Å². The van der Waals surface area contributed by atoms with Crippen LogP contribution in [0.1, 0.15) is 42.3 Å². The van der Waals surface area contributed by atoms with E-state index in [0.717, 1.165) is 11.1 Å². The fraction of sp³-hybridized carbons (Fsp3) is 0.250. The summed E-state index contributed by atoms with van der Waals surface area (Å²) in [6.07, 6.45) is 0. The maximum Gasteiger partial charge on any atom is 0.322 e. The standard InChI is InChI=1S/C24H25N3O5/c1-24(2,3)17-11-9-15(10-12-17)14-27-20(16-7-5-4-6-8-16)26-22(31)19(23(27)32)21(30)25-13-18(28)29/h4-12,31H,13-14H2,1-3H3,(H,25,30)(H,28,29). The lowest BCUT2D eigenvalue weighted by molar-refractivity contribution is -0.135. The molecule has 0 aliphatic rings. The zero-order valence-electron chi connectivity index (χ0n) is 18.1. The van der Waals surface area contributed by atoms with E-state index in [4.69, 9.17) is 5.11 Å². The van der Waals surface area contributed by atoms with Gasteiger partial charge in [0.15, 0.2) is 5.56 Å². The molecular formula is C24H25N3O5. The third-order valence-corrected chi connectivity index (χ3v) is 4.97. The van der Waals surface area contributed by atoms with Crippen molar-refractivity contribution in [1.82, 2.24) is 14.9 Å². The minimum Gasteiger partial charge on any atom is -0.493 e. The molecule has 3 rings (SSSR count). The number of aromatic nitrogens is 2. The molecule has 0 saturated carbocycles. The SMILES string of the molecule is CC(C)(C)c1ccc(Cn2c(-c3ccccc3)nc(O)c(C(=O)NCC(=O)O)c2=O)cc1. The Bertz CT molecular complexity index is 1190. The summed E-state index contributed by atoms with van der Waals surface area (Å²) < 4.78 is 1.30. The number of carbonyl (C=O) groups excluding carboxylic acids is 1. The number of aromatic hydroxyl groups is 1. The second kappa shape index (κ2) is 9.05. The van der Waals surface area contributed by atoms with E-state index in [-0.39, 0.29) is 17.8 Å². The molecule has 0 radical (unpaired) electrons. The van der Waals surface area contributed by atoms with E-state index in [1.165, 1.54) is 4.57 Å². The highest BCUT2D eigenvalue weighted by atomic mass is 16.4. The first kappa shape index (κ1) is 22.7. The Balaban J connectivity index is 2.11. The number of carboxylic acid groups (broad SMARTS) is 1. The van der Waals surface area contributed by atoms with E-state index in [1.54, 1.807) is 24.3 Å². The third kappa shape index (κ3) is 5.03. The Labute approximate surface area is 185 Å². The van der Waals surface area contributed by atoms with Gasteiger partial charge >= 0.3 is 5.97 Å². The fourth-order valence-electron chi connectivity index (χ4n) is 3.23. The first-order chi connectivity index (χ1) is 15.1. The van der Waals surface area contributed by atoms with Gasteiger partial charge in [0, 0.05) is 5.56 Å². The highest BCUT2D eigenvalue weighted by Gasteiger charge is 2.23. The number of hydrogen-bond donors (Lipinski definition) is 3. The molecule has 166 valence electrons. The zero-order valence-corrected chi connectivity index (χ0v) is 18.1. The van der Waals surface area contributed by atoms with Crippen LogP contribution in [0, 0.1) is 0 Å². The number of nitrogens with zero attached hydrogens (tertiary/aromatic N) is 2. The molecule has 0 saturated heterocycles. The first-order valence-electron chi connectivity index (χ1n) is 10.1. The van der Waals surface area contributed by atoms with E-state index in [2.05, 4.69) is 31.1 Å². The molecule has 8 nitrogen and oxygen atoms in total. The lowest BCUT2D eigenvalue weighted by Crippen LogP contribution is -2.36. The first-order valence-corrected chi connectivity index (χ1v) is 10.1. The van der Waals surface area contributed by atoms with Crippen molar-refractivity contribution in [3.8, 4) is 17.3 Å². The quantitative estimate of drug-likeness (QED) is 0.547. The van der Waals surface area contributed by atoms with Gasteiger partial charge in [-0.2, -0.15) is 4.98 Å². The molecule has 2 aromatic carbocycles. The van der Waals surface area contributed by atoms with Gasteiger partial charge in [0.2, 0.25) is 5.88 Å². The van der Waals surface area contributed by atoms with Crippen LogP contribution in [0.3, 0.4) is 0 Å². The topological polar surface area (TPSA) is 122 Å². The molecule has 3 aromatic rings. The smallest absolute Gasteiger partial charge is 0.322 e. The molecule has 1 heterocycles. The monoisotopic (exact) mass is 435 g/mol. The second-order valence-corrected chi connectivity index (χ2v) is 8.41. The van der Waals surface area contributed by atoms with E-state index in [1.807, 2.05) is 30.3 Å². The summed E-state index contributed by atoms with van der Waals surface area (Å²) in [6.45, 7) is 5.73. The summed E-state index contributed by atoms with van der Waals surface area (Å²) in [7, 11) is 0. The highest BCUT2D eigenvalue weighted by molar-refractivity contribution is 5.97. The summed E-state index contributed by atoms with van der Waals surface area (Å²) in [5.41, 5.74) is 1.14. The second-order valence-electron chi connectivity index (χ2n) is 8.41. The van der Waals surface area contributed by atoms with Crippen molar-refractivity contribution in [2.75, 3.05) is 6.54 Å². The lowest BCUT2D eigenvalue weighted by atomic mass is 9.87. The zero-order chi connectivity index (χ0) is 23.5. The van der Waals surface area contributed by atoms with Crippen LogP contribution in [0.4, 0.5) is 0 Å². The van der Waals surface area contributed by atoms with E-state index >= 15 is 0 Å². The molecular weight excluding hydrogens is 410 g/mol. The van der Waals surface area contributed by atoms with Crippen molar-refractivity contribution in [3.05, 3.63) is 81.6 Å².